The fourth-order valence-electron chi connectivity index (χ4n) is 2.80. The molecule has 21 heavy (non-hydrogen) atoms. The molecule has 3 N–H and O–H groups in total. The van der Waals surface area contributed by atoms with Crippen LogP contribution in [0.5, 0.6) is 0 Å². The first-order valence-corrected chi connectivity index (χ1v) is 7.12. The lowest BCUT2D eigenvalue weighted by Gasteiger charge is -2.34. The fourth-order valence-corrected chi connectivity index (χ4v) is 2.80. The van der Waals surface area contributed by atoms with Gasteiger partial charge in [-0.25, -0.2) is 9.59 Å². The Bertz CT molecular complexity index is 430. The van der Waals surface area contributed by atoms with Crippen molar-refractivity contribution in [2.45, 2.75) is 52.6 Å². The van der Waals surface area contributed by atoms with Crippen molar-refractivity contribution in [2.75, 3.05) is 6.54 Å². The van der Waals surface area contributed by atoms with Crippen molar-refractivity contribution in [3.8, 4) is 0 Å². The second-order valence-corrected chi connectivity index (χ2v) is 6.52. The van der Waals surface area contributed by atoms with Crippen molar-refractivity contribution in [2.24, 2.45) is 11.3 Å². The molecule has 2 amide bonds. The molecule has 1 rings (SSSR count). The average molecular weight is 300 g/mol. The van der Waals surface area contributed by atoms with Gasteiger partial charge in [-0.15, -0.1) is 0 Å². The van der Waals surface area contributed by atoms with Gasteiger partial charge in [0.1, 0.15) is 12.1 Å². The van der Waals surface area contributed by atoms with Crippen LogP contribution < -0.4 is 5.32 Å². The summed E-state index contributed by atoms with van der Waals surface area (Å²) in [5.41, 5.74) is -0.636. The van der Waals surface area contributed by atoms with Crippen LogP contribution in [0, 0.1) is 11.3 Å². The first-order chi connectivity index (χ1) is 9.59. The van der Waals surface area contributed by atoms with Crippen LogP contribution >= 0.6 is 0 Å². The Kier molecular flexibility index (Phi) is 5.20. The molecule has 0 aromatic heterocycles. The standard InChI is InChI=1S/C14H24N2O5/c1-5-8-6-7-16(9(8)12(18)19)11(17)10(14(2,3)4)15-13(20)21/h8-10,15H,5-7H2,1-4H3,(H,18,19)(H,20,21)/t8?,9?,10-/m1/s1. The highest BCUT2D eigenvalue weighted by atomic mass is 16.4. The predicted molar refractivity (Wildman–Crippen MR) is 75.9 cm³/mol. The first kappa shape index (κ1) is 17.3. The smallest absolute Gasteiger partial charge is 0.405 e. The summed E-state index contributed by atoms with van der Waals surface area (Å²) in [5, 5.41) is 20.5. The summed E-state index contributed by atoms with van der Waals surface area (Å²) >= 11 is 0. The Morgan fingerprint density at radius 1 is 1.29 bits per heavy atom. The number of hydrogen-bond donors (Lipinski definition) is 3. The normalized spacial score (nSPS) is 23.7. The van der Waals surface area contributed by atoms with Crippen LogP contribution in [-0.2, 0) is 9.59 Å². The van der Waals surface area contributed by atoms with Crippen LogP contribution in [0.25, 0.3) is 0 Å². The highest BCUT2D eigenvalue weighted by Crippen LogP contribution is 2.30. The minimum Gasteiger partial charge on any atom is -0.480 e. The van der Waals surface area contributed by atoms with E-state index in [9.17, 15) is 19.5 Å². The van der Waals surface area contributed by atoms with Gasteiger partial charge < -0.3 is 20.4 Å². The maximum atomic E-state index is 12.6. The Morgan fingerprint density at radius 3 is 2.24 bits per heavy atom. The van der Waals surface area contributed by atoms with Crippen LogP contribution in [0.4, 0.5) is 4.79 Å². The largest absolute Gasteiger partial charge is 0.480 e. The quantitative estimate of drug-likeness (QED) is 0.727. The fraction of sp³-hybridized carbons (Fsp3) is 0.786. The molecule has 0 aromatic carbocycles. The van der Waals surface area contributed by atoms with Crippen LogP contribution in [0.2, 0.25) is 0 Å². The summed E-state index contributed by atoms with van der Waals surface area (Å²) in [7, 11) is 0. The average Bonchev–Trinajstić information content (AvgIpc) is 2.77. The van der Waals surface area contributed by atoms with Crippen molar-refractivity contribution >= 4 is 18.0 Å². The number of rotatable bonds is 4. The van der Waals surface area contributed by atoms with Crippen molar-refractivity contribution in [1.29, 1.82) is 0 Å². The van der Waals surface area contributed by atoms with E-state index >= 15 is 0 Å². The van der Waals surface area contributed by atoms with E-state index in [0.29, 0.717) is 19.4 Å². The third-order valence-corrected chi connectivity index (χ3v) is 3.96. The molecule has 120 valence electrons. The van der Waals surface area contributed by atoms with Gasteiger partial charge in [-0.1, -0.05) is 34.1 Å². The van der Waals surface area contributed by atoms with Gasteiger partial charge >= 0.3 is 12.1 Å². The van der Waals surface area contributed by atoms with E-state index in [1.54, 1.807) is 20.8 Å². The Labute approximate surface area is 124 Å². The zero-order valence-electron chi connectivity index (χ0n) is 12.9. The molecule has 2 unspecified atom stereocenters. The van der Waals surface area contributed by atoms with Gasteiger partial charge in [0.2, 0.25) is 5.91 Å². The van der Waals surface area contributed by atoms with E-state index in [-0.39, 0.29) is 5.92 Å². The molecule has 3 atom stereocenters. The molecule has 0 radical (unpaired) electrons. The zero-order valence-corrected chi connectivity index (χ0v) is 12.9. The second kappa shape index (κ2) is 6.32. The van der Waals surface area contributed by atoms with Gasteiger partial charge in [-0.05, 0) is 17.8 Å². The second-order valence-electron chi connectivity index (χ2n) is 6.52. The molecule has 0 spiro atoms. The topological polar surface area (TPSA) is 107 Å². The number of carbonyl (C=O) groups is 3. The molecule has 1 heterocycles. The number of amides is 2. The maximum Gasteiger partial charge on any atom is 0.405 e. The molecule has 1 fully saturated rings. The van der Waals surface area contributed by atoms with E-state index in [4.69, 9.17) is 5.11 Å². The van der Waals surface area contributed by atoms with Gasteiger partial charge in [-0.3, -0.25) is 4.79 Å². The summed E-state index contributed by atoms with van der Waals surface area (Å²) in [6.45, 7) is 7.48. The van der Waals surface area contributed by atoms with Gasteiger partial charge in [0.25, 0.3) is 0 Å². The number of likely N-dealkylation sites (tertiary alicyclic amines) is 1. The lowest BCUT2D eigenvalue weighted by atomic mass is 9.85. The Balaban J connectivity index is 3.03. The van der Waals surface area contributed by atoms with E-state index in [0.717, 1.165) is 0 Å². The van der Waals surface area contributed by atoms with E-state index < -0.39 is 35.5 Å². The van der Waals surface area contributed by atoms with Crippen molar-refractivity contribution in [3.63, 3.8) is 0 Å². The van der Waals surface area contributed by atoms with Gasteiger partial charge in [0.15, 0.2) is 0 Å². The highest BCUT2D eigenvalue weighted by molar-refractivity contribution is 5.90. The molecule has 1 aliphatic heterocycles. The predicted octanol–water partition coefficient (Wildman–Crippen LogP) is 1.38. The maximum absolute atomic E-state index is 12.6. The molecule has 1 aliphatic rings. The molecule has 0 aromatic rings. The number of nitrogens with zero attached hydrogens (tertiary/aromatic N) is 1. The number of carbonyl (C=O) groups excluding carboxylic acids is 1. The molecular formula is C14H24N2O5. The van der Waals surface area contributed by atoms with Gasteiger partial charge in [0, 0.05) is 6.54 Å². The number of aliphatic carboxylic acids is 1. The number of nitrogens with one attached hydrogen (secondary N) is 1. The summed E-state index contributed by atoms with van der Waals surface area (Å²) in [6.07, 6.45) is 0.0116. The van der Waals surface area contributed by atoms with E-state index in [1.807, 2.05) is 6.92 Å². The minimum atomic E-state index is -1.29. The Hall–Kier alpha value is -1.79. The third kappa shape index (κ3) is 3.86. The van der Waals surface area contributed by atoms with Gasteiger partial charge in [-0.2, -0.15) is 0 Å². The highest BCUT2D eigenvalue weighted by Gasteiger charge is 2.45. The molecular weight excluding hydrogens is 276 g/mol. The van der Waals surface area contributed by atoms with Crippen LogP contribution in [-0.4, -0.2) is 51.7 Å². The summed E-state index contributed by atoms with van der Waals surface area (Å²) in [4.78, 5) is 36.3. The van der Waals surface area contributed by atoms with Crippen molar-refractivity contribution in [3.05, 3.63) is 0 Å². The van der Waals surface area contributed by atoms with Crippen LogP contribution in [0.1, 0.15) is 40.5 Å². The van der Waals surface area contributed by atoms with E-state index in [2.05, 4.69) is 5.32 Å². The molecule has 0 bridgehead atoms. The number of carboxylic acids is 1. The van der Waals surface area contributed by atoms with Gasteiger partial charge in [0.05, 0.1) is 0 Å². The summed E-state index contributed by atoms with van der Waals surface area (Å²) in [5.74, 6) is -1.58. The van der Waals surface area contributed by atoms with Crippen molar-refractivity contribution < 1.29 is 24.6 Å². The lowest BCUT2D eigenvalue weighted by Crippen LogP contribution is -2.57. The molecule has 1 saturated heterocycles. The third-order valence-electron chi connectivity index (χ3n) is 3.96. The monoisotopic (exact) mass is 300 g/mol. The minimum absolute atomic E-state index is 0.0862. The molecule has 0 saturated carbocycles. The van der Waals surface area contributed by atoms with Crippen LogP contribution in [0.3, 0.4) is 0 Å². The molecule has 7 nitrogen and oxygen atoms in total. The summed E-state index contributed by atoms with van der Waals surface area (Å²) < 4.78 is 0. The van der Waals surface area contributed by atoms with Crippen molar-refractivity contribution in [1.82, 2.24) is 10.2 Å². The summed E-state index contributed by atoms with van der Waals surface area (Å²) in [6, 6.07) is -1.84. The molecule has 0 aliphatic carbocycles. The van der Waals surface area contributed by atoms with Crippen LogP contribution in [0.15, 0.2) is 0 Å². The SMILES string of the molecule is CCC1CCN(C(=O)[C@@H](NC(=O)O)C(C)(C)C)C1C(=O)O. The Morgan fingerprint density at radius 2 is 1.86 bits per heavy atom. The zero-order chi connectivity index (χ0) is 16.4. The number of hydrogen-bond acceptors (Lipinski definition) is 3. The first-order valence-electron chi connectivity index (χ1n) is 7.12. The lowest BCUT2D eigenvalue weighted by molar-refractivity contribution is -0.151. The molecule has 7 heteroatoms. The number of carboxylic acid groups (broad SMARTS) is 2. The van der Waals surface area contributed by atoms with E-state index in [1.165, 1.54) is 4.90 Å².